The maximum absolute atomic E-state index is 5.70. The van der Waals surface area contributed by atoms with Crippen LogP contribution >= 0.6 is 0 Å². The highest BCUT2D eigenvalue weighted by atomic mass is 16.5. The van der Waals surface area contributed by atoms with Crippen molar-refractivity contribution in [1.82, 2.24) is 10.3 Å². The third-order valence-corrected chi connectivity index (χ3v) is 2.66. The molecule has 0 amide bonds. The van der Waals surface area contributed by atoms with Crippen LogP contribution in [-0.2, 0) is 6.54 Å². The van der Waals surface area contributed by atoms with Gasteiger partial charge in [-0.15, -0.1) is 0 Å². The third kappa shape index (κ3) is 3.96. The van der Waals surface area contributed by atoms with Gasteiger partial charge in [0, 0.05) is 18.8 Å². The normalized spacial score (nSPS) is 10.2. The molecule has 0 atom stereocenters. The molecule has 0 fully saturated rings. The van der Waals surface area contributed by atoms with Crippen molar-refractivity contribution < 1.29 is 9.47 Å². The second kappa shape index (κ2) is 6.75. The van der Waals surface area contributed by atoms with Crippen LogP contribution in [0.4, 0.5) is 0 Å². The first-order valence-corrected chi connectivity index (χ1v) is 6.29. The molecule has 100 valence electrons. The van der Waals surface area contributed by atoms with E-state index in [4.69, 9.17) is 9.47 Å². The summed E-state index contributed by atoms with van der Waals surface area (Å²) in [6.45, 7) is 3.84. The fourth-order valence-electron chi connectivity index (χ4n) is 1.65. The molecule has 0 saturated carbocycles. The minimum Gasteiger partial charge on any atom is -0.497 e. The Morgan fingerprint density at radius 3 is 2.53 bits per heavy atom. The van der Waals surface area contributed by atoms with E-state index in [1.165, 1.54) is 0 Å². The summed E-state index contributed by atoms with van der Waals surface area (Å²) < 4.78 is 10.8. The van der Waals surface area contributed by atoms with E-state index in [1.807, 2.05) is 36.4 Å². The monoisotopic (exact) mass is 258 g/mol. The van der Waals surface area contributed by atoms with Gasteiger partial charge in [-0.25, -0.2) is 4.98 Å². The molecule has 0 saturated heterocycles. The minimum atomic E-state index is 0.598. The molecule has 2 aromatic rings. The lowest BCUT2D eigenvalue weighted by molar-refractivity contribution is 0.412. The summed E-state index contributed by atoms with van der Waals surface area (Å²) in [6.07, 6.45) is 1.76. The lowest BCUT2D eigenvalue weighted by Crippen LogP contribution is -2.11. The Balaban J connectivity index is 2.05. The van der Waals surface area contributed by atoms with Crippen LogP contribution in [-0.4, -0.2) is 18.6 Å². The van der Waals surface area contributed by atoms with E-state index in [1.54, 1.807) is 13.3 Å². The molecule has 1 N–H and O–H groups in total. The summed E-state index contributed by atoms with van der Waals surface area (Å²) in [6, 6.07) is 11.3. The summed E-state index contributed by atoms with van der Waals surface area (Å²) in [5.41, 5.74) is 1.15. The quantitative estimate of drug-likeness (QED) is 0.865. The van der Waals surface area contributed by atoms with Crippen LogP contribution in [0.3, 0.4) is 0 Å². The molecule has 4 heteroatoms. The van der Waals surface area contributed by atoms with Crippen molar-refractivity contribution in [2.75, 3.05) is 13.7 Å². The van der Waals surface area contributed by atoms with Crippen LogP contribution in [0.25, 0.3) is 0 Å². The Kier molecular flexibility index (Phi) is 4.75. The van der Waals surface area contributed by atoms with Crippen molar-refractivity contribution in [3.05, 3.63) is 48.2 Å². The number of ether oxygens (including phenoxy) is 2. The van der Waals surface area contributed by atoms with E-state index in [2.05, 4.69) is 17.2 Å². The van der Waals surface area contributed by atoms with Gasteiger partial charge in [-0.2, -0.15) is 0 Å². The highest BCUT2D eigenvalue weighted by molar-refractivity contribution is 5.34. The van der Waals surface area contributed by atoms with Crippen LogP contribution < -0.4 is 14.8 Å². The molecule has 0 aliphatic carbocycles. The highest BCUT2D eigenvalue weighted by Gasteiger charge is 2.01. The summed E-state index contributed by atoms with van der Waals surface area (Å²) >= 11 is 0. The van der Waals surface area contributed by atoms with E-state index >= 15 is 0 Å². The third-order valence-electron chi connectivity index (χ3n) is 2.66. The average Bonchev–Trinajstić information content (AvgIpc) is 2.46. The Labute approximate surface area is 113 Å². The Bertz CT molecular complexity index is 512. The Morgan fingerprint density at radius 2 is 1.84 bits per heavy atom. The second-order valence-corrected chi connectivity index (χ2v) is 4.06. The fourth-order valence-corrected chi connectivity index (χ4v) is 1.65. The predicted molar refractivity (Wildman–Crippen MR) is 74.7 cm³/mol. The van der Waals surface area contributed by atoms with Gasteiger partial charge in [0.25, 0.3) is 0 Å². The number of aromatic nitrogens is 1. The van der Waals surface area contributed by atoms with E-state index < -0.39 is 0 Å². The summed E-state index contributed by atoms with van der Waals surface area (Å²) in [5, 5.41) is 3.27. The molecule has 0 aliphatic rings. The number of nitrogens with one attached hydrogen (secondary N) is 1. The van der Waals surface area contributed by atoms with Gasteiger partial charge in [0.1, 0.15) is 11.5 Å². The molecule has 0 bridgehead atoms. The number of rotatable bonds is 6. The number of hydrogen-bond acceptors (Lipinski definition) is 4. The molecule has 1 aromatic heterocycles. The smallest absolute Gasteiger partial charge is 0.219 e. The van der Waals surface area contributed by atoms with Crippen LogP contribution in [0.15, 0.2) is 42.6 Å². The fraction of sp³-hybridized carbons (Fsp3) is 0.267. The van der Waals surface area contributed by atoms with Crippen molar-refractivity contribution in [2.24, 2.45) is 0 Å². The molecule has 0 aliphatic heterocycles. The summed E-state index contributed by atoms with van der Waals surface area (Å²) in [7, 11) is 1.64. The number of methoxy groups -OCH3 is 1. The lowest BCUT2D eigenvalue weighted by atomic mass is 10.2. The lowest BCUT2D eigenvalue weighted by Gasteiger charge is -2.07. The first-order chi connectivity index (χ1) is 9.31. The van der Waals surface area contributed by atoms with Gasteiger partial charge in [0.2, 0.25) is 5.88 Å². The van der Waals surface area contributed by atoms with Crippen molar-refractivity contribution in [3.8, 4) is 17.4 Å². The maximum Gasteiger partial charge on any atom is 0.219 e. The number of pyridine rings is 1. The zero-order valence-electron chi connectivity index (χ0n) is 11.2. The van der Waals surface area contributed by atoms with Gasteiger partial charge >= 0.3 is 0 Å². The number of nitrogens with zero attached hydrogens (tertiary/aromatic N) is 1. The molecule has 1 heterocycles. The van der Waals surface area contributed by atoms with Crippen molar-refractivity contribution >= 4 is 0 Å². The van der Waals surface area contributed by atoms with Gasteiger partial charge in [-0.05, 0) is 42.4 Å². The van der Waals surface area contributed by atoms with Gasteiger partial charge < -0.3 is 14.8 Å². The van der Waals surface area contributed by atoms with E-state index in [0.717, 1.165) is 30.2 Å². The van der Waals surface area contributed by atoms with Crippen LogP contribution in [0.2, 0.25) is 0 Å². The SMILES string of the molecule is CCNCc1ccnc(Oc2ccc(OC)cc2)c1. The van der Waals surface area contributed by atoms with Crippen molar-refractivity contribution in [3.63, 3.8) is 0 Å². The zero-order chi connectivity index (χ0) is 13.5. The molecule has 1 aromatic carbocycles. The first kappa shape index (κ1) is 13.4. The van der Waals surface area contributed by atoms with Crippen molar-refractivity contribution in [2.45, 2.75) is 13.5 Å². The topological polar surface area (TPSA) is 43.4 Å². The molecular formula is C15H18N2O2. The van der Waals surface area contributed by atoms with Crippen molar-refractivity contribution in [1.29, 1.82) is 0 Å². The van der Waals surface area contributed by atoms with Crippen LogP contribution in [0, 0.1) is 0 Å². The Morgan fingerprint density at radius 1 is 1.11 bits per heavy atom. The maximum atomic E-state index is 5.70. The summed E-state index contributed by atoms with van der Waals surface area (Å²) in [5.74, 6) is 2.15. The Hall–Kier alpha value is -2.07. The van der Waals surface area contributed by atoms with Gasteiger partial charge in [-0.3, -0.25) is 0 Å². The van der Waals surface area contributed by atoms with Crippen LogP contribution in [0.5, 0.6) is 17.4 Å². The molecule has 2 rings (SSSR count). The summed E-state index contributed by atoms with van der Waals surface area (Å²) in [4.78, 5) is 4.20. The largest absolute Gasteiger partial charge is 0.497 e. The highest BCUT2D eigenvalue weighted by Crippen LogP contribution is 2.22. The number of benzene rings is 1. The van der Waals surface area contributed by atoms with E-state index in [0.29, 0.717) is 5.88 Å². The minimum absolute atomic E-state index is 0.598. The van der Waals surface area contributed by atoms with Gasteiger partial charge in [0.15, 0.2) is 0 Å². The molecule has 19 heavy (non-hydrogen) atoms. The zero-order valence-corrected chi connectivity index (χ0v) is 11.2. The molecule has 4 nitrogen and oxygen atoms in total. The van der Waals surface area contributed by atoms with E-state index in [-0.39, 0.29) is 0 Å². The van der Waals surface area contributed by atoms with E-state index in [9.17, 15) is 0 Å². The molecule has 0 radical (unpaired) electrons. The van der Waals surface area contributed by atoms with Gasteiger partial charge in [-0.1, -0.05) is 6.92 Å². The molecular weight excluding hydrogens is 240 g/mol. The molecule has 0 unspecified atom stereocenters. The standard InChI is InChI=1S/C15H18N2O2/c1-3-16-11-12-8-9-17-15(10-12)19-14-6-4-13(18-2)5-7-14/h4-10,16H,3,11H2,1-2H3. The van der Waals surface area contributed by atoms with Crippen LogP contribution in [0.1, 0.15) is 12.5 Å². The predicted octanol–water partition coefficient (Wildman–Crippen LogP) is 2.99. The second-order valence-electron chi connectivity index (χ2n) is 4.06. The average molecular weight is 258 g/mol. The van der Waals surface area contributed by atoms with Gasteiger partial charge in [0.05, 0.1) is 7.11 Å². The molecule has 0 spiro atoms. The number of hydrogen-bond donors (Lipinski definition) is 1. The first-order valence-electron chi connectivity index (χ1n) is 6.29.